The summed E-state index contributed by atoms with van der Waals surface area (Å²) in [6.45, 7) is 34.5. The largest absolute Gasteiger partial charge is 0.311 e. The van der Waals surface area contributed by atoms with E-state index in [1.54, 1.807) is 0 Å². The van der Waals surface area contributed by atoms with Gasteiger partial charge in [-0.05, 0) is 194 Å². The maximum absolute atomic E-state index is 2.74. The molecule has 0 amide bonds. The number of thiophene rings is 1. The fourth-order valence-electron chi connectivity index (χ4n) is 13.7. The van der Waals surface area contributed by atoms with Crippen molar-refractivity contribution in [3.8, 4) is 11.1 Å². The van der Waals surface area contributed by atoms with Gasteiger partial charge in [0, 0.05) is 43.2 Å². The topological polar surface area (TPSA) is 6.48 Å². The van der Waals surface area contributed by atoms with Gasteiger partial charge in [-0.1, -0.05) is 138 Å². The summed E-state index contributed by atoms with van der Waals surface area (Å²) < 4.78 is 2.88. The number of nitrogens with zero attached hydrogens (tertiary/aromatic N) is 2. The second kappa shape index (κ2) is 14.3. The molecule has 0 saturated heterocycles. The van der Waals surface area contributed by atoms with Gasteiger partial charge in [-0.15, -0.1) is 11.3 Å². The number of hydrogen-bond acceptors (Lipinski definition) is 3. The zero-order valence-corrected chi connectivity index (χ0v) is 44.3. The quantitative estimate of drug-likeness (QED) is 0.163. The molecule has 3 aliphatic carbocycles. The highest BCUT2D eigenvalue weighted by atomic mass is 32.1. The Morgan fingerprint density at radius 2 is 0.956 bits per heavy atom. The van der Waals surface area contributed by atoms with E-state index in [2.05, 4.69) is 221 Å². The number of aryl methyl sites for hydroxylation is 2. The van der Waals surface area contributed by atoms with Crippen molar-refractivity contribution >= 4 is 78.0 Å². The van der Waals surface area contributed by atoms with Crippen LogP contribution in [0.2, 0.25) is 0 Å². The first kappa shape index (κ1) is 44.2. The molecule has 0 bridgehead atoms. The van der Waals surface area contributed by atoms with E-state index in [1.165, 1.54) is 154 Å². The van der Waals surface area contributed by atoms with Crippen LogP contribution in [0.25, 0.3) is 21.2 Å². The van der Waals surface area contributed by atoms with Crippen LogP contribution < -0.4 is 25.5 Å². The van der Waals surface area contributed by atoms with Crippen LogP contribution in [-0.2, 0) is 32.5 Å². The van der Waals surface area contributed by atoms with Gasteiger partial charge in [0.15, 0.2) is 0 Å². The van der Waals surface area contributed by atoms with E-state index in [1.807, 2.05) is 0 Å². The van der Waals surface area contributed by atoms with Crippen LogP contribution in [0.3, 0.4) is 0 Å². The third kappa shape index (κ3) is 6.33. The van der Waals surface area contributed by atoms with E-state index >= 15 is 0 Å². The Bertz CT molecular complexity index is 3280. The van der Waals surface area contributed by atoms with Gasteiger partial charge in [0.05, 0.1) is 11.4 Å². The Labute approximate surface area is 412 Å². The maximum atomic E-state index is 2.74. The molecule has 2 aliphatic heterocycles. The van der Waals surface area contributed by atoms with Crippen molar-refractivity contribution in [2.75, 3.05) is 9.80 Å². The fourth-order valence-corrected chi connectivity index (χ4v) is 15.0. The van der Waals surface area contributed by atoms with E-state index in [4.69, 9.17) is 0 Å². The summed E-state index contributed by atoms with van der Waals surface area (Å²) in [5.41, 5.74) is 25.5. The third-order valence-electron chi connectivity index (χ3n) is 18.3. The predicted octanol–water partition coefficient (Wildman–Crippen LogP) is 16.3. The lowest BCUT2D eigenvalue weighted by atomic mass is 9.35. The molecule has 12 rings (SSSR count). The van der Waals surface area contributed by atoms with Gasteiger partial charge >= 0.3 is 0 Å². The summed E-state index contributed by atoms with van der Waals surface area (Å²) in [6.07, 6.45) is 7.16. The first-order valence-electron chi connectivity index (χ1n) is 25.8. The average molecular weight is 911 g/mol. The number of anilines is 6. The first-order valence-corrected chi connectivity index (χ1v) is 26.7. The maximum Gasteiger partial charge on any atom is 0.264 e. The summed E-state index contributed by atoms with van der Waals surface area (Å²) in [5, 5.41) is 1.40. The van der Waals surface area contributed by atoms with Crippen molar-refractivity contribution in [1.82, 2.24) is 0 Å². The molecule has 68 heavy (non-hydrogen) atoms. The lowest BCUT2D eigenvalue weighted by Crippen LogP contribution is -2.61. The van der Waals surface area contributed by atoms with Crippen molar-refractivity contribution in [2.24, 2.45) is 0 Å². The highest BCUT2D eigenvalue weighted by Gasteiger charge is 2.49. The molecule has 7 aromatic rings. The number of benzene rings is 6. The van der Waals surface area contributed by atoms with Gasteiger partial charge in [-0.2, -0.15) is 0 Å². The van der Waals surface area contributed by atoms with Crippen molar-refractivity contribution in [3.63, 3.8) is 0 Å². The van der Waals surface area contributed by atoms with E-state index in [9.17, 15) is 0 Å². The van der Waals surface area contributed by atoms with Crippen LogP contribution in [0.15, 0.2) is 103 Å². The molecule has 0 N–H and O–H groups in total. The van der Waals surface area contributed by atoms with Gasteiger partial charge in [0.2, 0.25) is 0 Å². The summed E-state index contributed by atoms with van der Waals surface area (Å²) in [7, 11) is 0. The Hall–Kier alpha value is -5.06. The van der Waals surface area contributed by atoms with Gasteiger partial charge in [-0.3, -0.25) is 0 Å². The standard InChI is InChI=1S/C64H71BN2S/c1-38-20-22-42(40-18-16-15-17-19-40)51(30-38)67-54-32-39(2)31-53-56(54)65(58-57(67)43-34-46-49(37-55(43)68-58)64(13,14)29-26-61(46,7)8)50-35-47-48(63(11,12)28-27-62(47,9)10)36-52(50)66(53)41-21-23-44-45(33-41)60(5,6)25-24-59(44,3)4/h15-23,30-37H,24-29H2,1-14H3. The van der Waals surface area contributed by atoms with Crippen LogP contribution in [0.1, 0.15) is 166 Å². The normalized spacial score (nSPS) is 20.5. The van der Waals surface area contributed by atoms with Gasteiger partial charge in [0.1, 0.15) is 0 Å². The molecular weight excluding hydrogens is 840 g/mol. The Balaban J connectivity index is 1.23. The molecule has 2 nitrogen and oxygen atoms in total. The smallest absolute Gasteiger partial charge is 0.264 e. The van der Waals surface area contributed by atoms with Gasteiger partial charge in [0.25, 0.3) is 6.71 Å². The Kier molecular flexibility index (Phi) is 9.27. The van der Waals surface area contributed by atoms with E-state index in [-0.39, 0.29) is 39.2 Å². The van der Waals surface area contributed by atoms with Gasteiger partial charge < -0.3 is 9.80 Å². The molecule has 3 heterocycles. The summed E-state index contributed by atoms with van der Waals surface area (Å²) in [4.78, 5) is 5.47. The summed E-state index contributed by atoms with van der Waals surface area (Å²) in [5.74, 6) is 0. The van der Waals surface area contributed by atoms with Crippen molar-refractivity contribution in [3.05, 3.63) is 148 Å². The van der Waals surface area contributed by atoms with E-state index in [0.717, 1.165) is 0 Å². The third-order valence-corrected chi connectivity index (χ3v) is 19.5. The van der Waals surface area contributed by atoms with Crippen LogP contribution in [0, 0.1) is 13.8 Å². The van der Waals surface area contributed by atoms with Crippen molar-refractivity contribution < 1.29 is 0 Å². The van der Waals surface area contributed by atoms with Crippen LogP contribution in [0.4, 0.5) is 34.1 Å². The number of hydrogen-bond donors (Lipinski definition) is 0. The van der Waals surface area contributed by atoms with Gasteiger partial charge in [-0.25, -0.2) is 0 Å². The molecule has 0 atom stereocenters. The number of fused-ring (bicyclic) bond motifs is 9. The zero-order valence-electron chi connectivity index (χ0n) is 43.4. The zero-order chi connectivity index (χ0) is 47.8. The summed E-state index contributed by atoms with van der Waals surface area (Å²) in [6, 6.07) is 41.7. The molecular formula is C64H71BN2S. The van der Waals surface area contributed by atoms with Crippen molar-refractivity contribution in [2.45, 2.75) is 168 Å². The molecule has 0 saturated carbocycles. The van der Waals surface area contributed by atoms with Crippen LogP contribution in [-0.4, -0.2) is 6.71 Å². The molecule has 6 aromatic carbocycles. The first-order chi connectivity index (χ1) is 32.0. The molecule has 0 spiro atoms. The van der Waals surface area contributed by atoms with E-state index in [0.29, 0.717) is 0 Å². The number of rotatable bonds is 3. The molecule has 4 heteroatoms. The highest BCUT2D eigenvalue weighted by Crippen LogP contribution is 2.56. The Morgan fingerprint density at radius 3 is 1.57 bits per heavy atom. The molecule has 1 aromatic heterocycles. The van der Waals surface area contributed by atoms with Crippen molar-refractivity contribution in [1.29, 1.82) is 0 Å². The molecule has 0 radical (unpaired) electrons. The van der Waals surface area contributed by atoms with E-state index < -0.39 is 0 Å². The lowest BCUT2D eigenvalue weighted by Gasteiger charge is -2.47. The monoisotopic (exact) mass is 911 g/mol. The van der Waals surface area contributed by atoms with Crippen LogP contribution >= 0.6 is 11.3 Å². The Morgan fingerprint density at radius 1 is 0.441 bits per heavy atom. The fraction of sp³-hybridized carbons (Fsp3) is 0.406. The van der Waals surface area contributed by atoms with Crippen LogP contribution in [0.5, 0.6) is 0 Å². The molecule has 346 valence electrons. The summed E-state index contributed by atoms with van der Waals surface area (Å²) >= 11 is 2.08. The minimum Gasteiger partial charge on any atom is -0.311 e. The minimum atomic E-state index is 0.0641. The lowest BCUT2D eigenvalue weighted by molar-refractivity contribution is 0.332. The second-order valence-corrected chi connectivity index (χ2v) is 27.0. The average Bonchev–Trinajstić information content (AvgIpc) is 3.66. The second-order valence-electron chi connectivity index (χ2n) is 25.9. The highest BCUT2D eigenvalue weighted by molar-refractivity contribution is 7.33. The SMILES string of the molecule is Cc1ccc(-c2ccccc2)c(N2c3cc(C)cc4c3B(c3cc5c(cc3N4c3ccc4c(c3)C(C)(C)CCC4(C)C)C(C)(C)CCC5(C)C)c3sc4cc5c(cc4c32)C(C)(C)CCC5(C)C)c1. The molecule has 0 unspecified atom stereocenters. The predicted molar refractivity (Wildman–Crippen MR) is 297 cm³/mol. The molecule has 5 aliphatic rings. The minimum absolute atomic E-state index is 0.0641. The molecule has 0 fully saturated rings.